The molecule has 3 aromatic carbocycles. The first-order valence-corrected chi connectivity index (χ1v) is 11.6. The molecule has 1 amide bonds. The van der Waals surface area contributed by atoms with Crippen molar-refractivity contribution in [3.05, 3.63) is 89.5 Å². The average molecular weight is 425 g/mol. The highest BCUT2D eigenvalue weighted by atomic mass is 16.5. The maximum atomic E-state index is 13.0. The van der Waals surface area contributed by atoms with Gasteiger partial charge < -0.3 is 15.4 Å². The van der Waals surface area contributed by atoms with Crippen molar-refractivity contribution in [3.8, 4) is 5.75 Å². The Morgan fingerprint density at radius 3 is 2.53 bits per heavy atom. The largest absolute Gasteiger partial charge is 0.497 e. The molecule has 0 unspecified atom stereocenters. The summed E-state index contributed by atoms with van der Waals surface area (Å²) in [6.45, 7) is 0. The summed E-state index contributed by atoms with van der Waals surface area (Å²) in [5.41, 5.74) is 5.39. The molecule has 2 fully saturated rings. The molecule has 2 aliphatic carbocycles. The third-order valence-corrected chi connectivity index (χ3v) is 7.86. The number of fused-ring (bicyclic) bond motifs is 7. The lowest BCUT2D eigenvalue weighted by atomic mass is 9.68. The molecule has 0 spiro atoms. The zero-order valence-corrected chi connectivity index (χ0v) is 18.3. The van der Waals surface area contributed by atoms with E-state index >= 15 is 0 Å². The molecule has 3 aliphatic rings. The molecule has 162 valence electrons. The van der Waals surface area contributed by atoms with Crippen LogP contribution in [0.25, 0.3) is 0 Å². The Balaban J connectivity index is 1.32. The number of anilines is 2. The van der Waals surface area contributed by atoms with Crippen molar-refractivity contribution in [3.63, 3.8) is 0 Å². The zero-order valence-electron chi connectivity index (χ0n) is 18.3. The van der Waals surface area contributed by atoms with E-state index in [1.165, 1.54) is 36.1 Å². The number of methoxy groups -OCH3 is 1. The summed E-state index contributed by atoms with van der Waals surface area (Å²) in [5.74, 6) is 3.35. The van der Waals surface area contributed by atoms with Crippen molar-refractivity contribution in [1.82, 2.24) is 0 Å². The summed E-state index contributed by atoms with van der Waals surface area (Å²) >= 11 is 0. The van der Waals surface area contributed by atoms with Crippen molar-refractivity contribution < 1.29 is 9.53 Å². The molecule has 2 saturated carbocycles. The van der Waals surface area contributed by atoms with Crippen molar-refractivity contribution in [1.29, 1.82) is 0 Å². The van der Waals surface area contributed by atoms with E-state index in [2.05, 4.69) is 53.1 Å². The van der Waals surface area contributed by atoms with Gasteiger partial charge in [-0.3, -0.25) is 4.79 Å². The summed E-state index contributed by atoms with van der Waals surface area (Å²) < 4.78 is 5.21. The summed E-state index contributed by atoms with van der Waals surface area (Å²) in [7, 11) is 1.64. The fourth-order valence-corrected chi connectivity index (χ4v) is 6.50. The molecule has 1 heterocycles. The molecule has 4 heteroatoms. The van der Waals surface area contributed by atoms with Crippen LogP contribution >= 0.6 is 0 Å². The second kappa shape index (κ2) is 7.70. The first-order chi connectivity index (χ1) is 15.7. The van der Waals surface area contributed by atoms with Crippen molar-refractivity contribution in [2.75, 3.05) is 17.7 Å². The lowest BCUT2D eigenvalue weighted by molar-refractivity contribution is 0.102. The number of nitrogens with one attached hydrogen (secondary N) is 2. The van der Waals surface area contributed by atoms with Gasteiger partial charge in [-0.1, -0.05) is 30.3 Å². The van der Waals surface area contributed by atoms with E-state index in [4.69, 9.17) is 4.74 Å². The lowest BCUT2D eigenvalue weighted by Crippen LogP contribution is -2.35. The van der Waals surface area contributed by atoms with Crippen LogP contribution in [0.1, 0.15) is 52.7 Å². The normalized spacial score (nSPS) is 27.2. The summed E-state index contributed by atoms with van der Waals surface area (Å²) in [4.78, 5) is 13.0. The van der Waals surface area contributed by atoms with Gasteiger partial charge in [0.2, 0.25) is 0 Å². The number of carbonyl (C=O) groups excluding carboxylic acids is 1. The van der Waals surface area contributed by atoms with Gasteiger partial charge in [0.05, 0.1) is 13.2 Å². The lowest BCUT2D eigenvalue weighted by Gasteiger charge is -2.43. The summed E-state index contributed by atoms with van der Waals surface area (Å²) in [6.07, 6.45) is 3.97. The smallest absolute Gasteiger partial charge is 0.255 e. The number of rotatable bonds is 4. The molecular formula is C28H28N2O2. The Labute approximate surface area is 189 Å². The van der Waals surface area contributed by atoms with E-state index in [0.717, 1.165) is 28.8 Å². The molecule has 2 bridgehead atoms. The minimum absolute atomic E-state index is 0.0668. The van der Waals surface area contributed by atoms with Gasteiger partial charge in [0.1, 0.15) is 5.75 Å². The van der Waals surface area contributed by atoms with Crippen LogP contribution < -0.4 is 15.4 Å². The predicted molar refractivity (Wildman–Crippen MR) is 127 cm³/mol. The van der Waals surface area contributed by atoms with Gasteiger partial charge in [-0.05, 0) is 96.5 Å². The monoisotopic (exact) mass is 424 g/mol. The van der Waals surface area contributed by atoms with Gasteiger partial charge >= 0.3 is 0 Å². The number of carbonyl (C=O) groups is 1. The number of amides is 1. The topological polar surface area (TPSA) is 50.4 Å². The molecule has 0 aromatic heterocycles. The van der Waals surface area contributed by atoms with Gasteiger partial charge in [-0.25, -0.2) is 0 Å². The van der Waals surface area contributed by atoms with Crippen LogP contribution in [-0.4, -0.2) is 13.0 Å². The number of hydrogen-bond acceptors (Lipinski definition) is 3. The predicted octanol–water partition coefficient (Wildman–Crippen LogP) is 6.24. The second-order valence-corrected chi connectivity index (χ2v) is 9.45. The van der Waals surface area contributed by atoms with E-state index in [1.807, 2.05) is 30.3 Å². The SMILES string of the molecule is COc1ccc(NC(=O)c2ccc3c(c2)[C@H]2[C@H]4CC[C@@H](C4)[C@@H]2[C@@H](c2ccccc2)N3)cc1. The molecule has 2 N–H and O–H groups in total. The first kappa shape index (κ1) is 19.4. The molecule has 0 radical (unpaired) electrons. The van der Waals surface area contributed by atoms with Gasteiger partial charge in [-0.2, -0.15) is 0 Å². The molecule has 0 saturated heterocycles. The quantitative estimate of drug-likeness (QED) is 0.521. The molecule has 5 atom stereocenters. The molecular weight excluding hydrogens is 396 g/mol. The summed E-state index contributed by atoms with van der Waals surface area (Å²) in [5, 5.41) is 6.88. The molecule has 4 nitrogen and oxygen atoms in total. The average Bonchev–Trinajstić information content (AvgIpc) is 3.47. The van der Waals surface area contributed by atoms with Gasteiger partial charge in [0.25, 0.3) is 5.91 Å². The van der Waals surface area contributed by atoms with Crippen molar-refractivity contribution >= 4 is 17.3 Å². The standard InChI is InChI=1S/C28H28N2O2/c1-32-22-12-10-21(11-13-22)29-28(31)20-9-14-24-23(16-20)25-18-7-8-19(15-18)26(25)27(30-24)17-5-3-2-4-6-17/h2-6,9-14,16,18-19,25-27,30H,7-8,15H2,1H3,(H,29,31)/t18-,19-,25+,26-,27+/m0/s1. The first-order valence-electron chi connectivity index (χ1n) is 11.6. The van der Waals surface area contributed by atoms with E-state index < -0.39 is 0 Å². The minimum atomic E-state index is -0.0668. The summed E-state index contributed by atoms with van der Waals surface area (Å²) in [6, 6.07) is 24.9. The van der Waals surface area contributed by atoms with E-state index in [1.54, 1.807) is 7.11 Å². The van der Waals surface area contributed by atoms with E-state index in [0.29, 0.717) is 17.9 Å². The number of benzene rings is 3. The number of hydrogen-bond donors (Lipinski definition) is 2. The van der Waals surface area contributed by atoms with Crippen LogP contribution in [0.4, 0.5) is 11.4 Å². The fourth-order valence-electron chi connectivity index (χ4n) is 6.50. The highest BCUT2D eigenvalue weighted by molar-refractivity contribution is 6.04. The maximum absolute atomic E-state index is 13.0. The highest BCUT2D eigenvalue weighted by Gasteiger charge is 2.53. The molecule has 1 aliphatic heterocycles. The minimum Gasteiger partial charge on any atom is -0.497 e. The Morgan fingerprint density at radius 1 is 0.969 bits per heavy atom. The number of ether oxygens (including phenoxy) is 1. The van der Waals surface area contributed by atoms with Gasteiger partial charge in [-0.15, -0.1) is 0 Å². The highest BCUT2D eigenvalue weighted by Crippen LogP contribution is 2.63. The second-order valence-electron chi connectivity index (χ2n) is 9.45. The van der Waals surface area contributed by atoms with Crippen LogP contribution in [0.2, 0.25) is 0 Å². The Bertz CT molecular complexity index is 1140. The van der Waals surface area contributed by atoms with E-state index in [9.17, 15) is 4.79 Å². The third kappa shape index (κ3) is 3.17. The van der Waals surface area contributed by atoms with Crippen molar-refractivity contribution in [2.45, 2.75) is 31.2 Å². The zero-order chi connectivity index (χ0) is 21.7. The van der Waals surface area contributed by atoms with Crippen LogP contribution in [0.15, 0.2) is 72.8 Å². The Hall–Kier alpha value is -3.27. The van der Waals surface area contributed by atoms with Gasteiger partial charge in [0, 0.05) is 16.9 Å². The maximum Gasteiger partial charge on any atom is 0.255 e. The third-order valence-electron chi connectivity index (χ3n) is 7.86. The van der Waals surface area contributed by atoms with Crippen LogP contribution in [0, 0.1) is 17.8 Å². The Morgan fingerprint density at radius 2 is 1.75 bits per heavy atom. The van der Waals surface area contributed by atoms with Crippen LogP contribution in [0.5, 0.6) is 5.75 Å². The Kier molecular flexibility index (Phi) is 4.67. The fraction of sp³-hybridized carbons (Fsp3) is 0.321. The van der Waals surface area contributed by atoms with Crippen LogP contribution in [0.3, 0.4) is 0 Å². The van der Waals surface area contributed by atoms with Gasteiger partial charge in [0.15, 0.2) is 0 Å². The molecule has 3 aromatic rings. The molecule has 6 rings (SSSR count). The van der Waals surface area contributed by atoms with Crippen molar-refractivity contribution in [2.24, 2.45) is 17.8 Å². The van der Waals surface area contributed by atoms with Crippen LogP contribution in [-0.2, 0) is 0 Å². The molecule has 32 heavy (non-hydrogen) atoms. The van der Waals surface area contributed by atoms with E-state index in [-0.39, 0.29) is 5.91 Å².